The number of nitrogens with zero attached hydrogens (tertiary/aromatic N) is 2. The maximum Gasteiger partial charge on any atom is 0.264 e. The molecule has 224 valence electrons. The lowest BCUT2D eigenvalue weighted by Gasteiger charge is -2.34. The van der Waals surface area contributed by atoms with E-state index in [0.29, 0.717) is 15.6 Å². The van der Waals surface area contributed by atoms with Crippen LogP contribution in [0.3, 0.4) is 0 Å². The molecule has 1 aliphatic carbocycles. The van der Waals surface area contributed by atoms with Gasteiger partial charge < -0.3 is 10.2 Å². The molecule has 0 bridgehead atoms. The molecule has 3 aromatic carbocycles. The van der Waals surface area contributed by atoms with Crippen molar-refractivity contribution in [2.75, 3.05) is 10.8 Å². The average Bonchev–Trinajstić information content (AvgIpc) is 3.48. The van der Waals surface area contributed by atoms with Crippen molar-refractivity contribution in [3.8, 4) is 0 Å². The van der Waals surface area contributed by atoms with Gasteiger partial charge in [-0.1, -0.05) is 90.4 Å². The molecule has 2 amide bonds. The van der Waals surface area contributed by atoms with Crippen molar-refractivity contribution in [1.82, 2.24) is 10.2 Å². The van der Waals surface area contributed by atoms with E-state index in [9.17, 15) is 18.0 Å². The molecule has 3 aromatic rings. The summed E-state index contributed by atoms with van der Waals surface area (Å²) in [6.07, 6.45) is 4.06. The Morgan fingerprint density at radius 2 is 1.52 bits per heavy atom. The number of halogens is 4. The summed E-state index contributed by atoms with van der Waals surface area (Å²) in [5.74, 6) is -0.932. The van der Waals surface area contributed by atoms with Gasteiger partial charge in [0.25, 0.3) is 10.0 Å². The van der Waals surface area contributed by atoms with Crippen molar-refractivity contribution in [2.45, 2.75) is 62.6 Å². The van der Waals surface area contributed by atoms with E-state index < -0.39 is 28.5 Å². The summed E-state index contributed by atoms with van der Waals surface area (Å²) < 4.78 is 28.8. The molecule has 0 radical (unpaired) electrons. The summed E-state index contributed by atoms with van der Waals surface area (Å²) in [4.78, 5) is 29.1. The number of carbonyl (C=O) groups excluding carboxylic acids is 2. The van der Waals surface area contributed by atoms with Crippen LogP contribution in [0.5, 0.6) is 0 Å². The Morgan fingerprint density at radius 1 is 0.881 bits per heavy atom. The van der Waals surface area contributed by atoms with Crippen LogP contribution in [0.4, 0.5) is 5.69 Å². The maximum absolute atomic E-state index is 14.2. The third-order valence-corrected chi connectivity index (χ3v) is 10.5. The van der Waals surface area contributed by atoms with Crippen molar-refractivity contribution in [1.29, 1.82) is 0 Å². The zero-order valence-electron chi connectivity index (χ0n) is 22.9. The fraction of sp³-hybridized carbons (Fsp3) is 0.333. The number of rotatable bonds is 11. The normalized spacial score (nSPS) is 14.4. The molecule has 1 atom stereocenters. The number of amides is 2. The lowest BCUT2D eigenvalue weighted by molar-refractivity contribution is -0.140. The minimum Gasteiger partial charge on any atom is -0.352 e. The molecule has 4 rings (SSSR count). The molecular weight excluding hydrogens is 640 g/mol. The third kappa shape index (κ3) is 7.53. The highest BCUT2D eigenvalue weighted by Gasteiger charge is 2.35. The van der Waals surface area contributed by atoms with E-state index in [2.05, 4.69) is 5.32 Å². The molecule has 0 spiro atoms. The van der Waals surface area contributed by atoms with Gasteiger partial charge in [0.15, 0.2) is 0 Å². The van der Waals surface area contributed by atoms with E-state index in [1.807, 2.05) is 0 Å². The Balaban J connectivity index is 1.76. The molecule has 7 nitrogen and oxygen atoms in total. The van der Waals surface area contributed by atoms with Crippen molar-refractivity contribution in [3.05, 3.63) is 92.4 Å². The van der Waals surface area contributed by atoms with E-state index in [1.165, 1.54) is 35.2 Å². The number of hydrogen-bond donors (Lipinski definition) is 1. The van der Waals surface area contributed by atoms with Crippen LogP contribution in [0.1, 0.15) is 44.6 Å². The second-order valence-electron chi connectivity index (χ2n) is 10.1. The topological polar surface area (TPSA) is 86.8 Å². The van der Waals surface area contributed by atoms with Crippen LogP contribution >= 0.6 is 46.4 Å². The second kappa shape index (κ2) is 14.3. The smallest absolute Gasteiger partial charge is 0.264 e. The predicted octanol–water partition coefficient (Wildman–Crippen LogP) is 7.36. The van der Waals surface area contributed by atoms with Gasteiger partial charge in [0, 0.05) is 28.2 Å². The first-order valence-corrected chi connectivity index (χ1v) is 16.5. The summed E-state index contributed by atoms with van der Waals surface area (Å²) in [7, 11) is -4.24. The zero-order valence-corrected chi connectivity index (χ0v) is 26.7. The molecule has 0 unspecified atom stereocenters. The number of anilines is 1. The van der Waals surface area contributed by atoms with Crippen LogP contribution in [-0.2, 0) is 26.2 Å². The van der Waals surface area contributed by atoms with Gasteiger partial charge in [-0.25, -0.2) is 8.42 Å². The van der Waals surface area contributed by atoms with Crippen LogP contribution in [0.2, 0.25) is 20.1 Å². The average molecular weight is 671 g/mol. The van der Waals surface area contributed by atoms with Crippen molar-refractivity contribution in [3.63, 3.8) is 0 Å². The van der Waals surface area contributed by atoms with Gasteiger partial charge in [0.2, 0.25) is 11.8 Å². The molecule has 0 heterocycles. The molecule has 0 saturated heterocycles. The van der Waals surface area contributed by atoms with Crippen LogP contribution in [0, 0.1) is 0 Å². The summed E-state index contributed by atoms with van der Waals surface area (Å²) >= 11 is 25.3. The lowest BCUT2D eigenvalue weighted by atomic mass is 10.1. The molecule has 1 fully saturated rings. The van der Waals surface area contributed by atoms with Crippen molar-refractivity contribution < 1.29 is 18.0 Å². The number of hydrogen-bond acceptors (Lipinski definition) is 4. The standard InChI is InChI=1S/C30H31Cl4N3O4S/c1-2-28(30(39)35-20-9-6-7-10-20)36(18-23-24(31)13-8-14-25(23)32)29(38)19-37(21-15-16-26(33)27(34)17-21)42(40,41)22-11-4-3-5-12-22/h3-5,8,11-17,20,28H,2,6-7,9-10,18-19H2,1H3,(H,35,39)/t28-/m0/s1. The van der Waals surface area contributed by atoms with Crippen molar-refractivity contribution >= 4 is 73.9 Å². The number of benzene rings is 3. The van der Waals surface area contributed by atoms with E-state index in [-0.39, 0.29) is 45.5 Å². The fourth-order valence-corrected chi connectivity index (χ4v) is 7.27. The van der Waals surface area contributed by atoms with Gasteiger partial charge in [-0.15, -0.1) is 0 Å². The maximum atomic E-state index is 14.2. The summed E-state index contributed by atoms with van der Waals surface area (Å²) in [6, 6.07) is 16.2. The molecule has 0 aromatic heterocycles. The summed E-state index contributed by atoms with van der Waals surface area (Å²) in [5, 5.41) is 4.07. The van der Waals surface area contributed by atoms with E-state index >= 15 is 0 Å². The minimum absolute atomic E-state index is 0.0180. The Bertz CT molecular complexity index is 1510. The molecule has 12 heteroatoms. The van der Waals surface area contributed by atoms with Gasteiger partial charge in [-0.3, -0.25) is 13.9 Å². The Morgan fingerprint density at radius 3 is 2.12 bits per heavy atom. The second-order valence-corrected chi connectivity index (χ2v) is 13.6. The highest BCUT2D eigenvalue weighted by atomic mass is 35.5. The molecule has 42 heavy (non-hydrogen) atoms. The zero-order chi connectivity index (χ0) is 30.4. The molecule has 1 N–H and O–H groups in total. The Labute approximate surface area is 266 Å². The van der Waals surface area contributed by atoms with Gasteiger partial charge in [0.05, 0.1) is 20.6 Å². The quantitative estimate of drug-likeness (QED) is 0.231. The first kappa shape index (κ1) is 32.4. The van der Waals surface area contributed by atoms with E-state index in [1.54, 1.807) is 43.3 Å². The molecular formula is C30H31Cl4N3O4S. The highest BCUT2D eigenvalue weighted by Crippen LogP contribution is 2.32. The van der Waals surface area contributed by atoms with Gasteiger partial charge in [-0.05, 0) is 61.7 Å². The fourth-order valence-electron chi connectivity index (χ4n) is 5.03. The number of sulfonamides is 1. The lowest BCUT2D eigenvalue weighted by Crippen LogP contribution is -2.53. The number of nitrogens with one attached hydrogen (secondary N) is 1. The van der Waals surface area contributed by atoms with Crippen LogP contribution < -0.4 is 9.62 Å². The Hall–Kier alpha value is -2.49. The van der Waals surface area contributed by atoms with E-state index in [0.717, 1.165) is 30.0 Å². The van der Waals surface area contributed by atoms with Crippen LogP contribution in [0.25, 0.3) is 0 Å². The largest absolute Gasteiger partial charge is 0.352 e. The summed E-state index contributed by atoms with van der Waals surface area (Å²) in [6.45, 7) is 1.07. The van der Waals surface area contributed by atoms with Crippen LogP contribution in [-0.4, -0.2) is 43.8 Å². The first-order valence-electron chi connectivity index (χ1n) is 13.6. The highest BCUT2D eigenvalue weighted by molar-refractivity contribution is 7.92. The van der Waals surface area contributed by atoms with Gasteiger partial charge >= 0.3 is 0 Å². The first-order chi connectivity index (χ1) is 20.0. The molecule has 1 saturated carbocycles. The molecule has 0 aliphatic heterocycles. The predicted molar refractivity (Wildman–Crippen MR) is 169 cm³/mol. The monoisotopic (exact) mass is 669 g/mol. The van der Waals surface area contributed by atoms with Crippen molar-refractivity contribution in [2.24, 2.45) is 0 Å². The van der Waals surface area contributed by atoms with Gasteiger partial charge in [-0.2, -0.15) is 0 Å². The van der Waals surface area contributed by atoms with E-state index in [4.69, 9.17) is 46.4 Å². The number of carbonyl (C=O) groups is 2. The Kier molecular flexibility index (Phi) is 11.1. The molecule has 1 aliphatic rings. The summed E-state index contributed by atoms with van der Waals surface area (Å²) in [5.41, 5.74) is 0.592. The van der Waals surface area contributed by atoms with Crippen LogP contribution in [0.15, 0.2) is 71.6 Å². The SMILES string of the molecule is CC[C@@H](C(=O)NC1CCCC1)N(Cc1c(Cl)cccc1Cl)C(=O)CN(c1ccc(Cl)c(Cl)c1)S(=O)(=O)c1ccccc1. The minimum atomic E-state index is -4.24. The third-order valence-electron chi connectivity index (χ3n) is 7.28. The van der Waals surface area contributed by atoms with Gasteiger partial charge in [0.1, 0.15) is 12.6 Å².